The molecule has 0 bridgehead atoms. The molecule has 3 aromatic rings. The Bertz CT molecular complexity index is 1130. The van der Waals surface area contributed by atoms with Crippen LogP contribution in [0.15, 0.2) is 24.7 Å². The Kier molecular flexibility index (Phi) is 5.28. The van der Waals surface area contributed by atoms with Crippen LogP contribution in [0, 0.1) is 11.8 Å². The largest absolute Gasteiger partial charge is 0.356 e. The summed E-state index contributed by atoms with van der Waals surface area (Å²) in [5.41, 5.74) is 0.131. The molecule has 2 saturated heterocycles. The first kappa shape index (κ1) is 20.8. The van der Waals surface area contributed by atoms with Gasteiger partial charge in [0.1, 0.15) is 11.4 Å². The van der Waals surface area contributed by atoms with Crippen LogP contribution in [0.2, 0.25) is 0 Å². The van der Waals surface area contributed by atoms with Gasteiger partial charge in [0.2, 0.25) is 0 Å². The van der Waals surface area contributed by atoms with Gasteiger partial charge in [-0.05, 0) is 37.8 Å². The second kappa shape index (κ2) is 8.12. The van der Waals surface area contributed by atoms with Gasteiger partial charge in [-0.2, -0.15) is 10.2 Å². The minimum Gasteiger partial charge on any atom is -0.356 e. The Morgan fingerprint density at radius 1 is 1.19 bits per heavy atom. The molecule has 5 heterocycles. The van der Waals surface area contributed by atoms with E-state index < -0.39 is 18.0 Å². The highest BCUT2D eigenvalue weighted by Gasteiger charge is 2.33. The summed E-state index contributed by atoms with van der Waals surface area (Å²) in [6.45, 7) is 4.23. The molecule has 2 fully saturated rings. The summed E-state index contributed by atoms with van der Waals surface area (Å²) >= 11 is 0. The monoisotopic (exact) mass is 444 g/mol. The zero-order valence-corrected chi connectivity index (χ0v) is 18.1. The molecule has 11 heteroatoms. The van der Waals surface area contributed by atoms with Crippen molar-refractivity contribution in [1.82, 2.24) is 29.3 Å². The quantitative estimate of drug-likeness (QED) is 0.651. The summed E-state index contributed by atoms with van der Waals surface area (Å²) < 4.78 is 29.2. The Hall–Kier alpha value is -3.08. The number of amides is 1. The van der Waals surface area contributed by atoms with E-state index in [0.717, 1.165) is 43.6 Å². The lowest BCUT2D eigenvalue weighted by molar-refractivity contribution is 0.0713. The third-order valence-electron chi connectivity index (χ3n) is 6.53. The summed E-state index contributed by atoms with van der Waals surface area (Å²) in [6.07, 6.45) is 4.01. The Morgan fingerprint density at radius 2 is 1.94 bits per heavy atom. The smallest absolute Gasteiger partial charge is 0.284 e. The first-order chi connectivity index (χ1) is 15.4. The number of nitrogens with one attached hydrogen (secondary N) is 1. The molecule has 0 saturated carbocycles. The van der Waals surface area contributed by atoms with E-state index in [-0.39, 0.29) is 11.3 Å². The van der Waals surface area contributed by atoms with Gasteiger partial charge >= 0.3 is 0 Å². The molecule has 0 unspecified atom stereocenters. The first-order valence-electron chi connectivity index (χ1n) is 10.8. The van der Waals surface area contributed by atoms with Crippen LogP contribution >= 0.6 is 0 Å². The highest BCUT2D eigenvalue weighted by atomic mass is 19.3. The van der Waals surface area contributed by atoms with Crippen LogP contribution in [-0.2, 0) is 7.05 Å². The third-order valence-corrected chi connectivity index (χ3v) is 6.53. The molecule has 0 spiro atoms. The number of carbonyl (C=O) groups is 1. The molecule has 1 amide bonds. The van der Waals surface area contributed by atoms with Crippen molar-refractivity contribution in [3.63, 3.8) is 0 Å². The predicted octanol–water partition coefficient (Wildman–Crippen LogP) is 2.43. The highest BCUT2D eigenvalue weighted by molar-refractivity contribution is 6.08. The third kappa shape index (κ3) is 3.81. The van der Waals surface area contributed by atoms with Crippen LogP contribution in [0.3, 0.4) is 0 Å². The number of rotatable bonds is 5. The lowest BCUT2D eigenvalue weighted by Gasteiger charge is -2.44. The fourth-order valence-electron chi connectivity index (χ4n) is 4.79. The van der Waals surface area contributed by atoms with Gasteiger partial charge in [-0.25, -0.2) is 18.3 Å². The van der Waals surface area contributed by atoms with Crippen molar-refractivity contribution in [1.29, 1.82) is 0 Å². The maximum absolute atomic E-state index is 13.2. The number of piperidine rings is 1. The fourth-order valence-corrected chi connectivity index (χ4v) is 4.79. The van der Waals surface area contributed by atoms with Gasteiger partial charge in [0, 0.05) is 45.6 Å². The number of fused-ring (bicyclic) bond motifs is 1. The van der Waals surface area contributed by atoms with Crippen molar-refractivity contribution < 1.29 is 13.6 Å². The number of halogens is 2. The molecule has 0 aromatic carbocycles. The molecule has 2 aliphatic rings. The van der Waals surface area contributed by atoms with E-state index in [1.165, 1.54) is 41.7 Å². The predicted molar refractivity (Wildman–Crippen MR) is 115 cm³/mol. The molecular weight excluding hydrogens is 418 g/mol. The summed E-state index contributed by atoms with van der Waals surface area (Å²) in [7, 11) is 3.68. The zero-order valence-electron chi connectivity index (χ0n) is 18.1. The molecule has 0 atom stereocenters. The molecule has 3 aromatic heterocycles. The van der Waals surface area contributed by atoms with E-state index in [0.29, 0.717) is 5.65 Å². The van der Waals surface area contributed by atoms with Crippen LogP contribution in [-0.4, -0.2) is 68.4 Å². The van der Waals surface area contributed by atoms with Gasteiger partial charge in [-0.15, -0.1) is 0 Å². The number of alkyl halides is 2. The van der Waals surface area contributed by atoms with E-state index in [1.807, 2.05) is 6.07 Å². The van der Waals surface area contributed by atoms with E-state index >= 15 is 0 Å². The van der Waals surface area contributed by atoms with E-state index in [4.69, 9.17) is 0 Å². The van der Waals surface area contributed by atoms with Gasteiger partial charge in [-0.3, -0.25) is 9.48 Å². The van der Waals surface area contributed by atoms with E-state index in [1.54, 1.807) is 6.20 Å². The Morgan fingerprint density at radius 3 is 2.62 bits per heavy atom. The van der Waals surface area contributed by atoms with Gasteiger partial charge in [0.25, 0.3) is 12.3 Å². The van der Waals surface area contributed by atoms with Crippen molar-refractivity contribution in [2.45, 2.75) is 19.3 Å². The van der Waals surface area contributed by atoms with E-state index in [9.17, 15) is 13.6 Å². The molecular formula is C21H26F2N8O. The molecule has 32 heavy (non-hydrogen) atoms. The van der Waals surface area contributed by atoms with Crippen LogP contribution in [0.25, 0.3) is 5.65 Å². The lowest BCUT2D eigenvalue weighted by atomic mass is 9.80. The number of hydrogen-bond donors (Lipinski definition) is 1. The average molecular weight is 444 g/mol. The number of likely N-dealkylation sites (tertiary alicyclic amines) is 1. The second-order valence-corrected chi connectivity index (χ2v) is 8.77. The van der Waals surface area contributed by atoms with Gasteiger partial charge < -0.3 is 15.1 Å². The first-order valence-corrected chi connectivity index (χ1v) is 10.8. The minimum atomic E-state index is -2.79. The van der Waals surface area contributed by atoms with Crippen LogP contribution < -0.4 is 10.2 Å². The zero-order chi connectivity index (χ0) is 22.4. The van der Waals surface area contributed by atoms with Crippen LogP contribution in [0.5, 0.6) is 0 Å². The molecule has 2 aliphatic heterocycles. The molecule has 9 nitrogen and oxygen atoms in total. The summed E-state index contributed by atoms with van der Waals surface area (Å²) in [4.78, 5) is 22.1. The highest BCUT2D eigenvalue weighted by Crippen LogP contribution is 2.32. The SMILES string of the molecule is CN1CC(C2CCN(c3ccn4ncc(C(=O)Nc5cn(C)nc5C(F)F)c4n3)CC2)C1. The summed E-state index contributed by atoms with van der Waals surface area (Å²) in [5.74, 6) is 1.80. The summed E-state index contributed by atoms with van der Waals surface area (Å²) in [5, 5.41) is 10.4. The van der Waals surface area contributed by atoms with Crippen LogP contribution in [0.1, 0.15) is 35.3 Å². The number of hydrogen-bond acceptors (Lipinski definition) is 6. The standard InChI is InChI=1S/C21H26F2N8O/c1-28-10-14(11-28)13-3-6-30(7-4-13)17-5-8-31-20(26-17)15(9-24-31)21(32)25-16-12-29(2)27-18(16)19(22)23/h5,8-9,12-14,19H,3-4,6-7,10-11H2,1-2H3,(H,25,32). The van der Waals surface area contributed by atoms with Crippen molar-refractivity contribution >= 4 is 23.1 Å². The maximum atomic E-state index is 13.2. The maximum Gasteiger partial charge on any atom is 0.284 e. The molecule has 0 aliphatic carbocycles. The van der Waals surface area contributed by atoms with Gasteiger partial charge in [-0.1, -0.05) is 0 Å². The molecule has 0 radical (unpaired) electrons. The van der Waals surface area contributed by atoms with Crippen LogP contribution in [0.4, 0.5) is 20.3 Å². The Labute approximate surface area is 184 Å². The average Bonchev–Trinajstić information content (AvgIpc) is 3.34. The van der Waals surface area contributed by atoms with E-state index in [2.05, 4.69) is 37.3 Å². The summed E-state index contributed by atoms with van der Waals surface area (Å²) in [6, 6.07) is 1.90. The minimum absolute atomic E-state index is 0.0216. The molecule has 1 N–H and O–H groups in total. The lowest BCUT2D eigenvalue weighted by Crippen LogP contribution is -2.50. The number of anilines is 2. The van der Waals surface area contributed by atoms with Crippen molar-refractivity contribution in [3.8, 4) is 0 Å². The number of carbonyl (C=O) groups excluding carboxylic acids is 1. The Balaban J connectivity index is 1.32. The number of aryl methyl sites for hydroxylation is 1. The second-order valence-electron chi connectivity index (χ2n) is 8.77. The number of aromatic nitrogens is 5. The normalized spacial score (nSPS) is 18.5. The van der Waals surface area contributed by atoms with Crippen molar-refractivity contribution in [2.75, 3.05) is 43.4 Å². The van der Waals surface area contributed by atoms with Gasteiger partial charge in [0.05, 0.1) is 11.9 Å². The van der Waals surface area contributed by atoms with Crippen molar-refractivity contribution in [2.24, 2.45) is 18.9 Å². The van der Waals surface area contributed by atoms with Gasteiger partial charge in [0.15, 0.2) is 11.3 Å². The number of nitrogens with zero attached hydrogens (tertiary/aromatic N) is 7. The van der Waals surface area contributed by atoms with Crippen molar-refractivity contribution in [3.05, 3.63) is 35.9 Å². The molecule has 5 rings (SSSR count). The topological polar surface area (TPSA) is 83.6 Å². The molecule has 170 valence electrons. The fraction of sp³-hybridized carbons (Fsp3) is 0.524.